The third-order valence-corrected chi connectivity index (χ3v) is 4.79. The molecule has 0 amide bonds. The number of carboxylic acid groups (broad SMARTS) is 1. The second-order valence-electron chi connectivity index (χ2n) is 4.57. The quantitative estimate of drug-likeness (QED) is 0.781. The number of nitrogens with zero attached hydrogens (tertiary/aromatic N) is 2. The Bertz CT molecular complexity index is 531. The van der Waals surface area contributed by atoms with Crippen molar-refractivity contribution in [2.75, 3.05) is 20.6 Å². The zero-order valence-corrected chi connectivity index (χ0v) is 12.5. The maximum Gasteiger partial charge on any atom is 0.303 e. The van der Waals surface area contributed by atoms with Crippen molar-refractivity contribution in [3.63, 3.8) is 0 Å². The zero-order chi connectivity index (χ0) is 15.2. The molecule has 112 valence electrons. The van der Waals surface area contributed by atoms with Crippen LogP contribution in [0.1, 0.15) is 18.4 Å². The summed E-state index contributed by atoms with van der Waals surface area (Å²) in [5.74, 6) is -0.923. The van der Waals surface area contributed by atoms with E-state index in [0.29, 0.717) is 6.42 Å². The van der Waals surface area contributed by atoms with Gasteiger partial charge in [0, 0.05) is 33.6 Å². The fourth-order valence-corrected chi connectivity index (χ4v) is 2.88. The fraction of sp³-hybridized carbons (Fsp3) is 0.462. The van der Waals surface area contributed by atoms with E-state index in [-0.39, 0.29) is 19.5 Å². The van der Waals surface area contributed by atoms with E-state index in [1.165, 1.54) is 22.7 Å². The van der Waals surface area contributed by atoms with Gasteiger partial charge in [-0.2, -0.15) is 17.0 Å². The van der Waals surface area contributed by atoms with Crippen molar-refractivity contribution in [3.05, 3.63) is 35.9 Å². The highest BCUT2D eigenvalue weighted by molar-refractivity contribution is 7.86. The number of carbonyl (C=O) groups is 1. The second-order valence-corrected chi connectivity index (χ2v) is 6.71. The minimum atomic E-state index is -3.56. The largest absolute Gasteiger partial charge is 0.481 e. The van der Waals surface area contributed by atoms with Crippen LogP contribution in [0.15, 0.2) is 30.3 Å². The van der Waals surface area contributed by atoms with Gasteiger partial charge in [0.1, 0.15) is 0 Å². The molecule has 0 heterocycles. The lowest BCUT2D eigenvalue weighted by atomic mass is 10.2. The van der Waals surface area contributed by atoms with Crippen LogP contribution in [0.25, 0.3) is 0 Å². The molecule has 7 heteroatoms. The van der Waals surface area contributed by atoms with E-state index in [2.05, 4.69) is 0 Å². The van der Waals surface area contributed by atoms with E-state index in [4.69, 9.17) is 5.11 Å². The summed E-state index contributed by atoms with van der Waals surface area (Å²) in [6, 6.07) is 9.29. The van der Waals surface area contributed by atoms with Crippen LogP contribution >= 0.6 is 0 Å². The lowest BCUT2D eigenvalue weighted by Gasteiger charge is -2.24. The minimum absolute atomic E-state index is 0.0394. The second kappa shape index (κ2) is 7.37. The molecule has 6 nitrogen and oxygen atoms in total. The normalized spacial score (nSPS) is 12.0. The van der Waals surface area contributed by atoms with Gasteiger partial charge in [0.25, 0.3) is 10.2 Å². The van der Waals surface area contributed by atoms with Crippen LogP contribution < -0.4 is 0 Å². The highest BCUT2D eigenvalue weighted by Crippen LogP contribution is 2.10. The Hall–Kier alpha value is -1.44. The first-order valence-corrected chi connectivity index (χ1v) is 7.67. The van der Waals surface area contributed by atoms with Crippen LogP contribution in [-0.2, 0) is 21.5 Å². The molecule has 0 aliphatic heterocycles. The molecule has 0 spiro atoms. The van der Waals surface area contributed by atoms with Gasteiger partial charge in [0.05, 0.1) is 0 Å². The zero-order valence-electron chi connectivity index (χ0n) is 11.7. The van der Waals surface area contributed by atoms with Gasteiger partial charge in [-0.25, -0.2) is 0 Å². The molecule has 0 aliphatic rings. The first-order valence-electron chi connectivity index (χ1n) is 6.27. The third-order valence-electron chi connectivity index (χ3n) is 2.90. The van der Waals surface area contributed by atoms with Crippen LogP contribution in [0, 0.1) is 0 Å². The van der Waals surface area contributed by atoms with Crippen LogP contribution in [0.5, 0.6) is 0 Å². The summed E-state index contributed by atoms with van der Waals surface area (Å²) in [4.78, 5) is 10.4. The molecule has 0 radical (unpaired) electrons. The topological polar surface area (TPSA) is 77.9 Å². The number of aliphatic carboxylic acids is 1. The number of rotatable bonds is 8. The van der Waals surface area contributed by atoms with E-state index >= 15 is 0 Å². The summed E-state index contributed by atoms with van der Waals surface area (Å²) < 4.78 is 26.9. The van der Waals surface area contributed by atoms with E-state index in [9.17, 15) is 13.2 Å². The number of hydrogen-bond donors (Lipinski definition) is 1. The molecule has 1 aromatic carbocycles. The Kier molecular flexibility index (Phi) is 6.12. The van der Waals surface area contributed by atoms with Gasteiger partial charge in [-0.3, -0.25) is 4.79 Å². The summed E-state index contributed by atoms with van der Waals surface area (Å²) in [6.07, 6.45) is 0.256. The van der Waals surface area contributed by atoms with Crippen molar-refractivity contribution < 1.29 is 18.3 Å². The molecule has 0 aromatic heterocycles. The standard InChI is InChI=1S/C13H20N2O4S/c1-14(10-6-9-13(16)17)20(18,19)15(2)11-12-7-4-3-5-8-12/h3-5,7-8H,6,9-11H2,1-2H3,(H,16,17). The molecule has 20 heavy (non-hydrogen) atoms. The molecule has 0 unspecified atom stereocenters. The van der Waals surface area contributed by atoms with Gasteiger partial charge in [-0.15, -0.1) is 0 Å². The Balaban J connectivity index is 2.60. The maximum absolute atomic E-state index is 12.2. The molecule has 0 atom stereocenters. The van der Waals surface area contributed by atoms with E-state index in [1.54, 1.807) is 0 Å². The molecule has 0 fully saturated rings. The molecular formula is C13H20N2O4S. The number of carboxylic acids is 1. The monoisotopic (exact) mass is 300 g/mol. The van der Waals surface area contributed by atoms with Crippen molar-refractivity contribution in [1.82, 2.24) is 8.61 Å². The van der Waals surface area contributed by atoms with Gasteiger partial charge in [-0.1, -0.05) is 30.3 Å². The van der Waals surface area contributed by atoms with Crippen LogP contribution in [0.3, 0.4) is 0 Å². The summed E-state index contributed by atoms with van der Waals surface area (Å²) in [7, 11) is -0.594. The van der Waals surface area contributed by atoms with Crippen molar-refractivity contribution in [1.29, 1.82) is 0 Å². The van der Waals surface area contributed by atoms with Gasteiger partial charge >= 0.3 is 5.97 Å². The van der Waals surface area contributed by atoms with Crippen molar-refractivity contribution in [2.45, 2.75) is 19.4 Å². The molecule has 1 aromatic rings. The molecular weight excluding hydrogens is 280 g/mol. The third kappa shape index (κ3) is 4.92. The SMILES string of the molecule is CN(CCCC(=O)O)S(=O)(=O)N(C)Cc1ccccc1. The van der Waals surface area contributed by atoms with Gasteiger partial charge in [0.15, 0.2) is 0 Å². The Morgan fingerprint density at radius 3 is 2.30 bits per heavy atom. The van der Waals surface area contributed by atoms with Crippen LogP contribution in [-0.4, -0.2) is 48.7 Å². The first kappa shape index (κ1) is 16.6. The lowest BCUT2D eigenvalue weighted by molar-refractivity contribution is -0.137. The van der Waals surface area contributed by atoms with Crippen molar-refractivity contribution >= 4 is 16.2 Å². The predicted octanol–water partition coefficient (Wildman–Crippen LogP) is 1.16. The van der Waals surface area contributed by atoms with Crippen LogP contribution in [0.4, 0.5) is 0 Å². The predicted molar refractivity (Wildman–Crippen MR) is 76.3 cm³/mol. The smallest absolute Gasteiger partial charge is 0.303 e. The Labute approximate surface area is 119 Å². The molecule has 0 saturated carbocycles. The Morgan fingerprint density at radius 1 is 1.15 bits per heavy atom. The number of hydrogen-bond acceptors (Lipinski definition) is 3. The average molecular weight is 300 g/mol. The average Bonchev–Trinajstić information content (AvgIpc) is 2.39. The number of benzene rings is 1. The van der Waals surface area contributed by atoms with E-state index < -0.39 is 16.2 Å². The summed E-state index contributed by atoms with van der Waals surface area (Å²) in [5, 5.41) is 8.55. The van der Waals surface area contributed by atoms with Gasteiger partial charge in [-0.05, 0) is 12.0 Å². The molecule has 1 rings (SSSR count). The van der Waals surface area contributed by atoms with Crippen LogP contribution in [0.2, 0.25) is 0 Å². The summed E-state index contributed by atoms with van der Waals surface area (Å²) >= 11 is 0. The lowest BCUT2D eigenvalue weighted by Crippen LogP contribution is -2.39. The fourth-order valence-electron chi connectivity index (χ4n) is 1.73. The van der Waals surface area contributed by atoms with E-state index in [1.807, 2.05) is 30.3 Å². The van der Waals surface area contributed by atoms with Gasteiger partial charge in [0.2, 0.25) is 0 Å². The maximum atomic E-state index is 12.2. The van der Waals surface area contributed by atoms with Crippen molar-refractivity contribution in [2.24, 2.45) is 0 Å². The van der Waals surface area contributed by atoms with Gasteiger partial charge < -0.3 is 5.11 Å². The van der Waals surface area contributed by atoms with E-state index in [0.717, 1.165) is 5.56 Å². The summed E-state index contributed by atoms with van der Waals surface area (Å²) in [6.45, 7) is 0.472. The summed E-state index contributed by atoms with van der Waals surface area (Å²) in [5.41, 5.74) is 0.900. The molecule has 1 N–H and O–H groups in total. The van der Waals surface area contributed by atoms with Crippen molar-refractivity contribution in [3.8, 4) is 0 Å². The minimum Gasteiger partial charge on any atom is -0.481 e. The molecule has 0 saturated heterocycles. The molecule has 0 bridgehead atoms. The Morgan fingerprint density at radius 2 is 1.75 bits per heavy atom. The highest BCUT2D eigenvalue weighted by atomic mass is 32.2. The highest BCUT2D eigenvalue weighted by Gasteiger charge is 2.23. The first-order chi connectivity index (χ1) is 9.34. The molecule has 0 aliphatic carbocycles.